The van der Waals surface area contributed by atoms with Crippen molar-refractivity contribution in [3.05, 3.63) is 35.6 Å². The van der Waals surface area contributed by atoms with Gasteiger partial charge < -0.3 is 25.1 Å². The van der Waals surface area contributed by atoms with Crippen molar-refractivity contribution in [2.24, 2.45) is 0 Å². The molecule has 2 N–H and O–H groups in total. The summed E-state index contributed by atoms with van der Waals surface area (Å²) in [6.45, 7) is 4.05. The van der Waals surface area contributed by atoms with Crippen LogP contribution in [0.15, 0.2) is 24.3 Å². The summed E-state index contributed by atoms with van der Waals surface area (Å²) in [7, 11) is 4.25. The maximum Gasteiger partial charge on any atom is 0.317 e. The van der Waals surface area contributed by atoms with E-state index in [0.29, 0.717) is 18.2 Å². The molecule has 0 aliphatic carbocycles. The number of amides is 2. The minimum absolute atomic E-state index is 0.153. The van der Waals surface area contributed by atoms with Gasteiger partial charge in [-0.15, -0.1) is 0 Å². The van der Waals surface area contributed by atoms with Gasteiger partial charge in [0.1, 0.15) is 11.4 Å². The van der Waals surface area contributed by atoms with Crippen LogP contribution in [-0.4, -0.2) is 85.2 Å². The molecule has 0 bridgehead atoms. The summed E-state index contributed by atoms with van der Waals surface area (Å²) in [5, 5.41) is 13.5. The number of likely N-dealkylation sites (tertiary alicyclic amines) is 2. The van der Waals surface area contributed by atoms with E-state index >= 15 is 0 Å². The molecule has 0 unspecified atom stereocenters. The number of urea groups is 1. The number of carbonyl (C=O) groups excluding carboxylic acids is 1. The number of hydrogen-bond donors (Lipinski definition) is 2. The Labute approximate surface area is 154 Å². The molecule has 26 heavy (non-hydrogen) atoms. The standard InChI is InChI=1S/C19H29FN4O2/c1-22(2)17-7-10-23(11-8-17)12-9-21-18(25)24-13-19(26,14-24)15-3-5-16(20)6-4-15/h3-6,17,26H,7-14H2,1-2H3,(H,21,25). The molecule has 0 saturated carbocycles. The largest absolute Gasteiger partial charge is 0.381 e. The van der Waals surface area contributed by atoms with Crippen molar-refractivity contribution in [3.8, 4) is 0 Å². The summed E-state index contributed by atoms with van der Waals surface area (Å²) in [5.74, 6) is -0.333. The lowest BCUT2D eigenvalue weighted by atomic mass is 9.86. The SMILES string of the molecule is CN(C)C1CCN(CCNC(=O)N2CC(O)(c3ccc(F)cc3)C2)CC1. The van der Waals surface area contributed by atoms with E-state index in [4.69, 9.17) is 0 Å². The molecule has 2 aliphatic rings. The van der Waals surface area contributed by atoms with Crippen molar-refractivity contribution >= 4 is 6.03 Å². The predicted octanol–water partition coefficient (Wildman–Crippen LogP) is 1.06. The summed E-state index contributed by atoms with van der Waals surface area (Å²) in [6, 6.07) is 6.31. The fourth-order valence-electron chi connectivity index (χ4n) is 3.76. The zero-order valence-electron chi connectivity index (χ0n) is 15.6. The Kier molecular flexibility index (Phi) is 5.79. The third kappa shape index (κ3) is 4.34. The van der Waals surface area contributed by atoms with Crippen LogP contribution in [0.5, 0.6) is 0 Å². The zero-order chi connectivity index (χ0) is 18.7. The van der Waals surface area contributed by atoms with E-state index in [9.17, 15) is 14.3 Å². The molecule has 2 saturated heterocycles. The number of nitrogens with one attached hydrogen (secondary N) is 1. The number of piperidine rings is 1. The van der Waals surface area contributed by atoms with Crippen LogP contribution in [0.4, 0.5) is 9.18 Å². The Morgan fingerprint density at radius 1 is 1.27 bits per heavy atom. The molecule has 2 fully saturated rings. The Hall–Kier alpha value is -1.70. The highest BCUT2D eigenvalue weighted by atomic mass is 19.1. The highest BCUT2D eigenvalue weighted by molar-refractivity contribution is 5.75. The highest BCUT2D eigenvalue weighted by Gasteiger charge is 2.44. The minimum Gasteiger partial charge on any atom is -0.381 e. The number of aliphatic hydroxyl groups is 1. The molecule has 0 atom stereocenters. The van der Waals surface area contributed by atoms with E-state index in [1.54, 1.807) is 17.0 Å². The topological polar surface area (TPSA) is 59.0 Å². The van der Waals surface area contributed by atoms with Crippen LogP contribution >= 0.6 is 0 Å². The Morgan fingerprint density at radius 3 is 2.46 bits per heavy atom. The van der Waals surface area contributed by atoms with Crippen LogP contribution in [0, 0.1) is 5.82 Å². The second kappa shape index (κ2) is 7.90. The number of nitrogens with zero attached hydrogens (tertiary/aromatic N) is 3. The summed E-state index contributed by atoms with van der Waals surface area (Å²) >= 11 is 0. The molecule has 7 heteroatoms. The first kappa shape index (κ1) is 19.1. The van der Waals surface area contributed by atoms with E-state index < -0.39 is 5.60 Å². The molecule has 0 radical (unpaired) electrons. The molecular formula is C19H29FN4O2. The first-order chi connectivity index (χ1) is 12.4. The van der Waals surface area contributed by atoms with E-state index in [-0.39, 0.29) is 24.9 Å². The van der Waals surface area contributed by atoms with Crippen LogP contribution in [0.2, 0.25) is 0 Å². The zero-order valence-corrected chi connectivity index (χ0v) is 15.6. The van der Waals surface area contributed by atoms with E-state index in [1.807, 2.05) is 0 Å². The number of hydrogen-bond acceptors (Lipinski definition) is 4. The second-order valence-electron chi connectivity index (χ2n) is 7.66. The van der Waals surface area contributed by atoms with Crippen LogP contribution in [-0.2, 0) is 5.60 Å². The first-order valence-corrected chi connectivity index (χ1v) is 9.27. The van der Waals surface area contributed by atoms with Crippen molar-refractivity contribution in [2.75, 3.05) is 53.4 Å². The van der Waals surface area contributed by atoms with Gasteiger partial charge in [-0.2, -0.15) is 0 Å². The summed E-state index contributed by atoms with van der Waals surface area (Å²) in [6.07, 6.45) is 2.33. The quantitative estimate of drug-likeness (QED) is 0.821. The predicted molar refractivity (Wildman–Crippen MR) is 98.4 cm³/mol. The van der Waals surface area contributed by atoms with Gasteiger partial charge in [-0.3, -0.25) is 0 Å². The van der Waals surface area contributed by atoms with E-state index in [1.165, 1.54) is 12.1 Å². The van der Waals surface area contributed by atoms with Gasteiger partial charge in [0, 0.05) is 19.1 Å². The number of benzene rings is 1. The molecule has 2 aliphatic heterocycles. The molecule has 0 aromatic heterocycles. The summed E-state index contributed by atoms with van der Waals surface area (Å²) in [5.41, 5.74) is -0.425. The third-order valence-electron chi connectivity index (χ3n) is 5.57. The normalized spacial score (nSPS) is 20.9. The Bertz CT molecular complexity index is 608. The lowest BCUT2D eigenvalue weighted by Crippen LogP contribution is -2.63. The molecule has 144 valence electrons. The van der Waals surface area contributed by atoms with Crippen molar-refractivity contribution in [2.45, 2.75) is 24.5 Å². The molecule has 6 nitrogen and oxygen atoms in total. The lowest BCUT2D eigenvalue weighted by molar-refractivity contribution is -0.0816. The molecule has 0 spiro atoms. The first-order valence-electron chi connectivity index (χ1n) is 9.27. The maximum absolute atomic E-state index is 13.0. The molecule has 2 heterocycles. The monoisotopic (exact) mass is 364 g/mol. The molecule has 3 rings (SSSR count). The van der Waals surface area contributed by atoms with Gasteiger partial charge in [-0.05, 0) is 57.7 Å². The van der Waals surface area contributed by atoms with Gasteiger partial charge in [-0.1, -0.05) is 12.1 Å². The smallest absolute Gasteiger partial charge is 0.317 e. The Morgan fingerprint density at radius 2 is 1.88 bits per heavy atom. The van der Waals surface area contributed by atoms with Crippen molar-refractivity contribution in [1.29, 1.82) is 0 Å². The molecule has 1 aromatic rings. The van der Waals surface area contributed by atoms with Crippen LogP contribution in [0.25, 0.3) is 0 Å². The third-order valence-corrected chi connectivity index (χ3v) is 5.57. The van der Waals surface area contributed by atoms with Gasteiger partial charge in [0.05, 0.1) is 13.1 Å². The second-order valence-corrected chi connectivity index (χ2v) is 7.66. The highest BCUT2D eigenvalue weighted by Crippen LogP contribution is 2.31. The van der Waals surface area contributed by atoms with Crippen molar-refractivity contribution in [3.63, 3.8) is 0 Å². The van der Waals surface area contributed by atoms with Crippen LogP contribution in [0.3, 0.4) is 0 Å². The number of rotatable bonds is 5. The average Bonchev–Trinajstić information content (AvgIpc) is 2.60. The van der Waals surface area contributed by atoms with Crippen molar-refractivity contribution in [1.82, 2.24) is 20.0 Å². The van der Waals surface area contributed by atoms with Gasteiger partial charge in [0.2, 0.25) is 0 Å². The average molecular weight is 364 g/mol. The van der Waals surface area contributed by atoms with Gasteiger partial charge >= 0.3 is 6.03 Å². The fourth-order valence-corrected chi connectivity index (χ4v) is 3.76. The maximum atomic E-state index is 13.0. The van der Waals surface area contributed by atoms with Crippen LogP contribution in [0.1, 0.15) is 18.4 Å². The van der Waals surface area contributed by atoms with Gasteiger partial charge in [0.25, 0.3) is 0 Å². The minimum atomic E-state index is -1.07. The van der Waals surface area contributed by atoms with Crippen molar-refractivity contribution < 1.29 is 14.3 Å². The molecule has 2 amide bonds. The number of β-amino-alcohol motifs (C(OH)–C–C–N with tert-alkyl or cyclic N) is 1. The van der Waals surface area contributed by atoms with Gasteiger partial charge in [-0.25, -0.2) is 9.18 Å². The number of halogens is 1. The molecule has 1 aromatic carbocycles. The summed E-state index contributed by atoms with van der Waals surface area (Å²) < 4.78 is 13.0. The molecular weight excluding hydrogens is 335 g/mol. The summed E-state index contributed by atoms with van der Waals surface area (Å²) in [4.78, 5) is 18.4. The van der Waals surface area contributed by atoms with Crippen LogP contribution < -0.4 is 5.32 Å². The van der Waals surface area contributed by atoms with E-state index in [2.05, 4.69) is 29.2 Å². The lowest BCUT2D eigenvalue weighted by Gasteiger charge is -2.46. The number of carbonyl (C=O) groups is 1. The van der Waals surface area contributed by atoms with E-state index in [0.717, 1.165) is 32.5 Å². The van der Waals surface area contributed by atoms with Gasteiger partial charge in [0.15, 0.2) is 0 Å². The Balaban J connectivity index is 1.36. The fraction of sp³-hybridized carbons (Fsp3) is 0.632.